The first-order valence-electron chi connectivity index (χ1n) is 18.3. The van der Waals surface area contributed by atoms with Crippen LogP contribution < -0.4 is 9.30 Å². The number of fused-ring (bicyclic) bond motifs is 11. The number of para-hydroxylation sites is 4. The van der Waals surface area contributed by atoms with Gasteiger partial charge in [-0.15, -0.1) is 12.1 Å². The third-order valence-corrected chi connectivity index (χ3v) is 10.4. The van der Waals surface area contributed by atoms with Crippen LogP contribution in [0.2, 0.25) is 0 Å². The molecule has 0 radical (unpaired) electrons. The maximum atomic E-state index is 6.99. The van der Waals surface area contributed by atoms with Crippen molar-refractivity contribution in [3.05, 3.63) is 212 Å². The van der Waals surface area contributed by atoms with Crippen molar-refractivity contribution in [2.75, 3.05) is 0 Å². The molecular weight excluding hydrogens is 868 g/mol. The molecule has 10 aromatic rings. The van der Waals surface area contributed by atoms with Gasteiger partial charge in [0, 0.05) is 44.1 Å². The summed E-state index contributed by atoms with van der Waals surface area (Å²) < 4.78 is 13.3. The third kappa shape index (κ3) is 5.51. The molecule has 5 nitrogen and oxygen atoms in total. The van der Waals surface area contributed by atoms with Crippen LogP contribution in [0.15, 0.2) is 182 Å². The Morgan fingerprint density at radius 2 is 1.21 bits per heavy atom. The number of rotatable bonds is 5. The van der Waals surface area contributed by atoms with Crippen molar-refractivity contribution in [3.63, 3.8) is 0 Å². The smallest absolute Gasteiger partial charge is 0.268 e. The molecule has 0 saturated heterocycles. The molecule has 56 heavy (non-hydrogen) atoms. The second kappa shape index (κ2) is 13.8. The first-order valence-corrected chi connectivity index (χ1v) is 18.3. The third-order valence-electron chi connectivity index (χ3n) is 10.4. The zero-order valence-corrected chi connectivity index (χ0v) is 32.1. The van der Waals surface area contributed by atoms with Gasteiger partial charge in [-0.25, -0.2) is 0 Å². The Bertz CT molecular complexity index is 3130. The average molecular weight is 898 g/mol. The van der Waals surface area contributed by atoms with Crippen LogP contribution in [0.4, 0.5) is 0 Å². The van der Waals surface area contributed by atoms with Crippen LogP contribution in [0.3, 0.4) is 0 Å². The molecule has 11 rings (SSSR count). The Kier molecular flexibility index (Phi) is 8.31. The molecule has 1 aliphatic rings. The standard InChI is InChI=1S/C50H30N4O.Pt/c1-3-16-34(17-4-1)44-32-52-45-27-12-11-26-42(45)49-41-25-10-8-23-39(41)38-22-7-9-24-40(38)48(31-43(49)50(52)51-44)55-37-21-15-20-36(30-37)54-33-53(35-18-5-2-6-19-35)46-28-13-14-29-47(46)54;/h1-29,32H;/q-2;. The molecule has 0 saturated carbocycles. The molecule has 0 bridgehead atoms. The summed E-state index contributed by atoms with van der Waals surface area (Å²) in [7, 11) is 0. The zero-order valence-electron chi connectivity index (χ0n) is 29.8. The van der Waals surface area contributed by atoms with Gasteiger partial charge in [0.15, 0.2) is 0 Å². The predicted octanol–water partition coefficient (Wildman–Crippen LogP) is 10.9. The van der Waals surface area contributed by atoms with Crippen LogP contribution >= 0.6 is 0 Å². The predicted molar refractivity (Wildman–Crippen MR) is 218 cm³/mol. The fraction of sp³-hybridized carbons (Fsp3) is 0. The van der Waals surface area contributed by atoms with Gasteiger partial charge in [0.2, 0.25) is 0 Å². The van der Waals surface area contributed by atoms with Crippen molar-refractivity contribution in [3.8, 4) is 50.6 Å². The fourth-order valence-electron chi connectivity index (χ4n) is 7.89. The second-order valence-corrected chi connectivity index (χ2v) is 13.6. The number of hydrogen-bond acceptors (Lipinski definition) is 2. The van der Waals surface area contributed by atoms with Crippen LogP contribution in [0, 0.1) is 18.5 Å². The summed E-state index contributed by atoms with van der Waals surface area (Å²) in [5, 5.41) is 1.11. The summed E-state index contributed by atoms with van der Waals surface area (Å²) in [6, 6.07) is 64.1. The van der Waals surface area contributed by atoms with E-state index < -0.39 is 0 Å². The van der Waals surface area contributed by atoms with Gasteiger partial charge in [-0.2, -0.15) is 12.1 Å². The largest absolute Gasteiger partial charge is 0.503 e. The van der Waals surface area contributed by atoms with Gasteiger partial charge in [-0.05, 0) is 46.0 Å². The quantitative estimate of drug-likeness (QED) is 0.127. The van der Waals surface area contributed by atoms with E-state index >= 15 is 0 Å². The van der Waals surface area contributed by atoms with Gasteiger partial charge in [-0.3, -0.25) is 9.55 Å². The number of imidazole rings is 2. The average Bonchev–Trinajstić information content (AvgIpc) is 3.88. The minimum Gasteiger partial charge on any atom is -0.503 e. The molecule has 3 aromatic heterocycles. The SMILES string of the molecule is [C-]1=C(Oc2[c-]c(-[n+]3[c-]n(-c4ccccc4)c4ccccc43)ccc2)c2ccccc2-c2ccccc2-c2c1c1nc(-c3ccccc3)cn1c1ccccc21.[Pt]. The maximum Gasteiger partial charge on any atom is 0.268 e. The molecule has 0 amide bonds. The number of nitrogens with zero attached hydrogens (tertiary/aromatic N) is 4. The normalized spacial score (nSPS) is 11.9. The summed E-state index contributed by atoms with van der Waals surface area (Å²) in [6.45, 7) is 0. The molecule has 0 unspecified atom stereocenters. The van der Waals surface area contributed by atoms with Gasteiger partial charge in [0.1, 0.15) is 0 Å². The van der Waals surface area contributed by atoms with E-state index in [1.54, 1.807) is 0 Å². The number of benzene rings is 7. The Morgan fingerprint density at radius 3 is 2.02 bits per heavy atom. The van der Waals surface area contributed by atoms with Crippen LogP contribution in [0.25, 0.3) is 78.2 Å². The van der Waals surface area contributed by atoms with Crippen LogP contribution in [0.1, 0.15) is 11.1 Å². The topological polar surface area (TPSA) is 35.3 Å². The Morgan fingerprint density at radius 1 is 0.571 bits per heavy atom. The molecule has 0 fully saturated rings. The Labute approximate surface area is 338 Å². The maximum absolute atomic E-state index is 6.99. The summed E-state index contributed by atoms with van der Waals surface area (Å²) in [5.74, 6) is 1.15. The summed E-state index contributed by atoms with van der Waals surface area (Å²) in [6.07, 6.45) is 9.54. The van der Waals surface area contributed by atoms with E-state index in [0.717, 1.165) is 83.6 Å². The van der Waals surface area contributed by atoms with Crippen molar-refractivity contribution in [1.29, 1.82) is 0 Å². The number of hydrogen-bond donors (Lipinski definition) is 0. The Hall–Kier alpha value is -6.81. The van der Waals surface area contributed by atoms with E-state index in [4.69, 9.17) is 9.72 Å². The van der Waals surface area contributed by atoms with E-state index in [1.807, 2.05) is 65.2 Å². The van der Waals surface area contributed by atoms with E-state index in [2.05, 4.69) is 149 Å². The number of pyridine rings is 1. The molecule has 0 spiro atoms. The molecule has 268 valence electrons. The van der Waals surface area contributed by atoms with Crippen molar-refractivity contribution in [2.45, 2.75) is 0 Å². The zero-order chi connectivity index (χ0) is 36.3. The number of aromatic nitrogens is 4. The molecule has 0 aliphatic heterocycles. The van der Waals surface area contributed by atoms with Gasteiger partial charge >= 0.3 is 0 Å². The van der Waals surface area contributed by atoms with Crippen molar-refractivity contribution in [1.82, 2.24) is 14.0 Å². The first-order chi connectivity index (χ1) is 27.3. The molecule has 6 heteroatoms. The van der Waals surface area contributed by atoms with E-state index in [0.29, 0.717) is 11.5 Å². The number of ether oxygens (including phenoxy) is 1. The van der Waals surface area contributed by atoms with E-state index in [1.165, 1.54) is 0 Å². The summed E-state index contributed by atoms with van der Waals surface area (Å²) >= 11 is 0. The monoisotopic (exact) mass is 897 g/mol. The van der Waals surface area contributed by atoms with Gasteiger partial charge in [0.25, 0.3) is 6.33 Å². The molecular formula is C50H30N4OPt-2. The summed E-state index contributed by atoms with van der Waals surface area (Å²) in [5.41, 5.74) is 13.9. The first kappa shape index (κ1) is 33.7. The molecule has 0 atom stereocenters. The molecule has 0 N–H and O–H groups in total. The molecule has 7 aromatic carbocycles. The summed E-state index contributed by atoms with van der Waals surface area (Å²) in [4.78, 5) is 5.31. The van der Waals surface area contributed by atoms with E-state index in [-0.39, 0.29) is 21.1 Å². The van der Waals surface area contributed by atoms with Crippen molar-refractivity contribution < 1.29 is 30.4 Å². The van der Waals surface area contributed by atoms with E-state index in [9.17, 15) is 0 Å². The minimum absolute atomic E-state index is 0. The minimum atomic E-state index is 0. The van der Waals surface area contributed by atoms with Crippen LogP contribution in [-0.4, -0.2) is 14.0 Å². The van der Waals surface area contributed by atoms with Crippen LogP contribution in [-0.2, 0) is 21.1 Å². The molecule has 1 aliphatic carbocycles. The Balaban J connectivity index is 0.00000384. The van der Waals surface area contributed by atoms with Gasteiger partial charge in [-0.1, -0.05) is 162 Å². The van der Waals surface area contributed by atoms with Crippen molar-refractivity contribution >= 4 is 33.3 Å². The van der Waals surface area contributed by atoms with Crippen molar-refractivity contribution in [2.24, 2.45) is 0 Å². The van der Waals surface area contributed by atoms with Gasteiger partial charge in [0.05, 0.1) is 33.8 Å². The van der Waals surface area contributed by atoms with Gasteiger partial charge < -0.3 is 13.7 Å². The fourth-order valence-corrected chi connectivity index (χ4v) is 7.89. The second-order valence-electron chi connectivity index (χ2n) is 13.6. The molecule has 3 heterocycles. The van der Waals surface area contributed by atoms with Crippen LogP contribution in [0.5, 0.6) is 5.75 Å².